The van der Waals surface area contributed by atoms with Gasteiger partial charge in [-0.25, -0.2) is 9.37 Å². The Bertz CT molecular complexity index is 1860. The smallest absolute Gasteiger partial charge is 0.292 e. The van der Waals surface area contributed by atoms with E-state index in [9.17, 15) is 14.0 Å². The minimum Gasteiger partial charge on any atom is -0.494 e. The Morgan fingerprint density at radius 3 is 2.49 bits per heavy atom. The number of benzene rings is 1. The number of hydrogen-bond acceptors (Lipinski definition) is 9. The third kappa shape index (κ3) is 4.39. The second-order valence-corrected chi connectivity index (χ2v) is 11.0. The third-order valence-electron chi connectivity index (χ3n) is 8.56. The van der Waals surface area contributed by atoms with Crippen LogP contribution in [0.5, 0.6) is 5.75 Å². The minimum atomic E-state index is -0.469. The molecule has 0 radical (unpaired) electrons. The maximum Gasteiger partial charge on any atom is 0.292 e. The Hall–Kier alpha value is -5.20. The highest BCUT2D eigenvalue weighted by atomic mass is 19.1. The molecule has 218 valence electrons. The van der Waals surface area contributed by atoms with Crippen molar-refractivity contribution >= 4 is 23.2 Å². The van der Waals surface area contributed by atoms with Crippen LogP contribution in [0.3, 0.4) is 0 Å². The van der Waals surface area contributed by atoms with Crippen molar-refractivity contribution in [3.8, 4) is 28.1 Å². The summed E-state index contributed by atoms with van der Waals surface area (Å²) in [5.74, 6) is -0.280. The summed E-state index contributed by atoms with van der Waals surface area (Å²) in [6.07, 6.45) is 7.75. The van der Waals surface area contributed by atoms with Gasteiger partial charge in [0.25, 0.3) is 5.91 Å². The van der Waals surface area contributed by atoms with Crippen molar-refractivity contribution in [1.82, 2.24) is 39.7 Å². The number of Topliss-reactive ketones (excluding diaryl/α,β-unsaturated/α-hetero) is 1. The third-order valence-corrected chi connectivity index (χ3v) is 8.56. The first kappa shape index (κ1) is 26.7. The summed E-state index contributed by atoms with van der Waals surface area (Å²) in [6.45, 7) is 1.48. The molecule has 12 nitrogen and oxygen atoms in total. The molecule has 0 saturated carbocycles. The number of nitrogen functional groups attached to an aromatic ring is 1. The number of hydrogen-bond donors (Lipinski definition) is 2. The Kier molecular flexibility index (Phi) is 6.37. The molecule has 5 aromatic rings. The lowest BCUT2D eigenvalue weighted by molar-refractivity contribution is 0.0556. The van der Waals surface area contributed by atoms with Crippen LogP contribution in [0.2, 0.25) is 0 Å². The molecular weight excluding hydrogens is 553 g/mol. The number of piperidine rings is 1. The standard InChI is InChI=1S/C30H28FN9O3/c1-15(41)25-26(18-9-19-5-6-20(10-18)39(19)30(42)28-34-14-35-38-28)37-29-21(13-36-40(29)27(25)32)17-3-7-23(33-12-17)16-4-8-24(43-2)22(31)11-16/h3-4,7-8,11-14,18-20H,5-6,9-10,32H2,1-2H3,(H,34,35,38)/t18-,19-,20?/m0/s1. The van der Waals surface area contributed by atoms with Crippen LogP contribution in [0.4, 0.5) is 10.2 Å². The van der Waals surface area contributed by atoms with Crippen LogP contribution in [0, 0.1) is 5.82 Å². The Morgan fingerprint density at radius 2 is 1.86 bits per heavy atom. The van der Waals surface area contributed by atoms with Crippen LogP contribution in [-0.4, -0.2) is 70.5 Å². The number of nitrogens with two attached hydrogens (primary N) is 1. The summed E-state index contributed by atoms with van der Waals surface area (Å²) in [5.41, 5.74) is 10.7. The van der Waals surface area contributed by atoms with Gasteiger partial charge in [0.2, 0.25) is 5.82 Å². The molecule has 2 aliphatic heterocycles. The minimum absolute atomic E-state index is 0.00988. The van der Waals surface area contributed by atoms with E-state index in [0.29, 0.717) is 46.6 Å². The van der Waals surface area contributed by atoms with Gasteiger partial charge in [0.1, 0.15) is 12.1 Å². The molecule has 2 bridgehead atoms. The molecule has 7 rings (SSSR count). The number of halogens is 1. The van der Waals surface area contributed by atoms with E-state index in [-0.39, 0.29) is 47.1 Å². The first-order valence-corrected chi connectivity index (χ1v) is 14.0. The lowest BCUT2D eigenvalue weighted by Crippen LogP contribution is -2.46. The monoisotopic (exact) mass is 581 g/mol. The topological polar surface area (TPSA) is 157 Å². The summed E-state index contributed by atoms with van der Waals surface area (Å²) in [5, 5.41) is 12.1. The van der Waals surface area contributed by atoms with Gasteiger partial charge < -0.3 is 20.4 Å². The van der Waals surface area contributed by atoms with Crippen molar-refractivity contribution in [3.05, 3.63) is 72.0 Å². The molecule has 3 atom stereocenters. The first-order valence-electron chi connectivity index (χ1n) is 14.0. The van der Waals surface area contributed by atoms with Gasteiger partial charge in [-0.15, -0.1) is 10.2 Å². The Morgan fingerprint density at radius 1 is 1.09 bits per heavy atom. The maximum atomic E-state index is 14.3. The number of fused-ring (bicyclic) bond motifs is 3. The number of aromatic amines is 1. The molecule has 6 heterocycles. The average Bonchev–Trinajstić information content (AvgIpc) is 3.75. The van der Waals surface area contributed by atoms with Gasteiger partial charge in [-0.1, -0.05) is 6.07 Å². The van der Waals surface area contributed by atoms with Crippen molar-refractivity contribution in [3.63, 3.8) is 0 Å². The van der Waals surface area contributed by atoms with E-state index in [1.807, 2.05) is 11.0 Å². The summed E-state index contributed by atoms with van der Waals surface area (Å²) < 4.78 is 20.8. The number of aromatic nitrogens is 7. The van der Waals surface area contributed by atoms with Crippen LogP contribution in [0.15, 0.2) is 49.1 Å². The van der Waals surface area contributed by atoms with Crippen LogP contribution in [0.25, 0.3) is 28.0 Å². The number of anilines is 1. The van der Waals surface area contributed by atoms with Gasteiger partial charge in [0, 0.05) is 40.9 Å². The molecule has 1 aromatic carbocycles. The van der Waals surface area contributed by atoms with Gasteiger partial charge in [-0.2, -0.15) is 9.61 Å². The number of ketones is 1. The molecular formula is C30H28FN9O3. The number of nitrogens with zero attached hydrogens (tertiary/aromatic N) is 7. The summed E-state index contributed by atoms with van der Waals surface area (Å²) in [7, 11) is 1.42. The van der Waals surface area contributed by atoms with Gasteiger partial charge in [-0.05, 0) is 56.9 Å². The predicted molar refractivity (Wildman–Crippen MR) is 154 cm³/mol. The van der Waals surface area contributed by atoms with Crippen molar-refractivity contribution in [2.75, 3.05) is 12.8 Å². The second-order valence-electron chi connectivity index (χ2n) is 11.0. The highest BCUT2D eigenvalue weighted by molar-refractivity contribution is 6.00. The number of carbonyl (C=O) groups excluding carboxylic acids is 2. The quantitative estimate of drug-likeness (QED) is 0.282. The number of nitrogens with one attached hydrogen (secondary N) is 1. The highest BCUT2D eigenvalue weighted by Gasteiger charge is 2.45. The van der Waals surface area contributed by atoms with Crippen LogP contribution in [0.1, 0.15) is 65.2 Å². The summed E-state index contributed by atoms with van der Waals surface area (Å²) >= 11 is 0. The first-order chi connectivity index (χ1) is 20.8. The fourth-order valence-electron chi connectivity index (χ4n) is 6.61. The second kappa shape index (κ2) is 10.3. The number of methoxy groups -OCH3 is 1. The molecule has 2 aliphatic rings. The summed E-state index contributed by atoms with van der Waals surface area (Å²) in [4.78, 5) is 40.4. The number of carbonyl (C=O) groups is 2. The number of ether oxygens (including phenoxy) is 1. The summed E-state index contributed by atoms with van der Waals surface area (Å²) in [6, 6.07) is 8.33. The van der Waals surface area contributed by atoms with Crippen molar-refractivity contribution in [2.45, 2.75) is 50.6 Å². The fourth-order valence-corrected chi connectivity index (χ4v) is 6.61. The van der Waals surface area contributed by atoms with E-state index in [1.54, 1.807) is 30.6 Å². The molecule has 1 amide bonds. The molecule has 2 saturated heterocycles. The molecule has 3 N–H and O–H groups in total. The average molecular weight is 582 g/mol. The van der Waals surface area contributed by atoms with E-state index in [2.05, 4.69) is 25.3 Å². The zero-order valence-corrected chi connectivity index (χ0v) is 23.5. The van der Waals surface area contributed by atoms with Crippen molar-refractivity contribution in [1.29, 1.82) is 0 Å². The zero-order valence-electron chi connectivity index (χ0n) is 23.5. The number of rotatable bonds is 6. The van der Waals surface area contributed by atoms with Crippen LogP contribution in [-0.2, 0) is 0 Å². The van der Waals surface area contributed by atoms with Crippen molar-refractivity contribution < 1.29 is 18.7 Å². The molecule has 13 heteroatoms. The lowest BCUT2D eigenvalue weighted by Gasteiger charge is -2.38. The van der Waals surface area contributed by atoms with Gasteiger partial charge >= 0.3 is 0 Å². The Balaban J connectivity index is 1.24. The highest BCUT2D eigenvalue weighted by Crippen LogP contribution is 2.45. The van der Waals surface area contributed by atoms with Crippen LogP contribution >= 0.6 is 0 Å². The van der Waals surface area contributed by atoms with Gasteiger partial charge in [-0.3, -0.25) is 14.6 Å². The molecule has 43 heavy (non-hydrogen) atoms. The number of pyridine rings is 1. The SMILES string of the molecule is COc1ccc(-c2ccc(-c3cnn4c(N)c(C(C)=O)c([C@@H]5CC6CC[C@@H](C5)N6C(=O)c5nnc[nH]5)nc34)cn2)cc1F. The zero-order chi connectivity index (χ0) is 29.8. The van der Waals surface area contributed by atoms with E-state index >= 15 is 0 Å². The number of H-pyrrole nitrogens is 1. The van der Waals surface area contributed by atoms with E-state index in [0.717, 1.165) is 18.4 Å². The Labute approximate surface area is 245 Å². The van der Waals surface area contributed by atoms with Crippen LogP contribution < -0.4 is 10.5 Å². The number of amides is 1. The van der Waals surface area contributed by atoms with Gasteiger partial charge in [0.15, 0.2) is 23.0 Å². The maximum absolute atomic E-state index is 14.3. The van der Waals surface area contributed by atoms with Gasteiger partial charge in [0.05, 0.1) is 30.3 Å². The van der Waals surface area contributed by atoms with Crippen molar-refractivity contribution in [2.24, 2.45) is 0 Å². The van der Waals surface area contributed by atoms with E-state index in [4.69, 9.17) is 15.5 Å². The molecule has 2 fully saturated rings. The van der Waals surface area contributed by atoms with E-state index in [1.165, 1.54) is 30.9 Å². The molecule has 4 aromatic heterocycles. The molecule has 0 aliphatic carbocycles. The predicted octanol–water partition coefficient (Wildman–Crippen LogP) is 4.06. The molecule has 1 unspecified atom stereocenters. The lowest BCUT2D eigenvalue weighted by atomic mass is 9.85. The normalized spacial score (nSPS) is 19.6. The largest absolute Gasteiger partial charge is 0.494 e. The molecule has 0 spiro atoms. The fraction of sp³-hybridized carbons (Fsp3) is 0.300. The van der Waals surface area contributed by atoms with E-state index < -0.39 is 5.82 Å².